The first-order valence-corrected chi connectivity index (χ1v) is 14.1. The van der Waals surface area contributed by atoms with Crippen LogP contribution in [0.2, 0.25) is 0 Å². The maximum Gasteiger partial charge on any atom is 0.414 e. The number of anilines is 1. The van der Waals surface area contributed by atoms with Gasteiger partial charge in [-0.15, -0.1) is 10.2 Å². The van der Waals surface area contributed by atoms with E-state index in [0.29, 0.717) is 22.5 Å². The smallest absolute Gasteiger partial charge is 0.414 e. The number of rotatable bonds is 7. The summed E-state index contributed by atoms with van der Waals surface area (Å²) in [5.41, 5.74) is 0.177. The Hall–Kier alpha value is -5.09. The van der Waals surface area contributed by atoms with E-state index in [2.05, 4.69) is 32.7 Å². The Kier molecular flexibility index (Phi) is 9.68. The molecular formula is C32H34F2N6O5. The van der Waals surface area contributed by atoms with Crippen LogP contribution in [-0.2, 0) is 15.9 Å². The highest BCUT2D eigenvalue weighted by atomic mass is 19.1. The van der Waals surface area contributed by atoms with Crippen molar-refractivity contribution in [1.29, 1.82) is 0 Å². The number of fused-ring (bicyclic) bond motifs is 1. The second-order valence-electron chi connectivity index (χ2n) is 11.6. The molecule has 11 nitrogen and oxygen atoms in total. The van der Waals surface area contributed by atoms with E-state index in [9.17, 15) is 23.5 Å². The number of amides is 2. The minimum atomic E-state index is -1.31. The summed E-state index contributed by atoms with van der Waals surface area (Å²) in [4.78, 5) is 29.9. The highest BCUT2D eigenvalue weighted by Crippen LogP contribution is 2.31. The van der Waals surface area contributed by atoms with Gasteiger partial charge in [0.1, 0.15) is 28.5 Å². The largest absolute Gasteiger partial charge is 0.450 e. The van der Waals surface area contributed by atoms with E-state index >= 15 is 0 Å². The number of benzene rings is 1. The molecule has 0 radical (unpaired) electrons. The molecule has 13 heteroatoms. The maximum atomic E-state index is 14.2. The Morgan fingerprint density at radius 2 is 1.73 bits per heavy atom. The number of ether oxygens (including phenoxy) is 2. The van der Waals surface area contributed by atoms with Crippen LogP contribution in [0.15, 0.2) is 48.7 Å². The van der Waals surface area contributed by atoms with Gasteiger partial charge in [-0.25, -0.2) is 23.4 Å². The van der Waals surface area contributed by atoms with Gasteiger partial charge in [0.05, 0.1) is 18.3 Å². The number of aromatic nitrogens is 4. The number of alkyl carbamates (subject to hydrolysis) is 1. The van der Waals surface area contributed by atoms with Crippen LogP contribution in [0.1, 0.15) is 64.5 Å². The molecule has 3 aromatic heterocycles. The first-order chi connectivity index (χ1) is 21.1. The zero-order valence-corrected chi connectivity index (χ0v) is 25.7. The lowest BCUT2D eigenvalue weighted by molar-refractivity contribution is 0.0502. The Morgan fingerprint density at radius 1 is 1.02 bits per heavy atom. The number of pyridine rings is 2. The molecular weight excluding hydrogens is 586 g/mol. The summed E-state index contributed by atoms with van der Waals surface area (Å²) in [5.74, 6) is 4.10. The fraction of sp³-hybridized carbons (Fsp3) is 0.344. The fourth-order valence-corrected chi connectivity index (χ4v) is 4.30. The average molecular weight is 621 g/mol. The van der Waals surface area contributed by atoms with Gasteiger partial charge in [-0.1, -0.05) is 5.92 Å². The number of halogens is 2. The van der Waals surface area contributed by atoms with Crippen molar-refractivity contribution in [2.24, 2.45) is 0 Å². The average Bonchev–Trinajstić information content (AvgIpc) is 3.31. The van der Waals surface area contributed by atoms with Gasteiger partial charge in [0.25, 0.3) is 0 Å². The summed E-state index contributed by atoms with van der Waals surface area (Å²) in [7, 11) is 0. The van der Waals surface area contributed by atoms with Crippen LogP contribution in [-0.4, -0.2) is 54.7 Å². The molecule has 236 valence electrons. The quantitative estimate of drug-likeness (QED) is 0.228. The van der Waals surface area contributed by atoms with E-state index in [1.807, 2.05) is 0 Å². The molecule has 0 saturated heterocycles. The number of carbonyl (C=O) groups excluding carboxylic acids is 2. The van der Waals surface area contributed by atoms with E-state index in [-0.39, 0.29) is 30.2 Å². The second kappa shape index (κ2) is 13.3. The third-order valence-corrected chi connectivity index (χ3v) is 6.01. The molecule has 2 amide bonds. The molecule has 4 aromatic rings. The number of hydrogen-bond donors (Lipinski definition) is 3. The highest BCUT2D eigenvalue weighted by Gasteiger charge is 2.26. The monoisotopic (exact) mass is 620 g/mol. The number of nitrogens with zero attached hydrogens (tertiary/aromatic N) is 4. The molecule has 0 aliphatic rings. The van der Waals surface area contributed by atoms with Crippen LogP contribution in [0.25, 0.3) is 16.8 Å². The van der Waals surface area contributed by atoms with Crippen LogP contribution >= 0.6 is 0 Å². The van der Waals surface area contributed by atoms with Crippen molar-refractivity contribution in [2.45, 2.75) is 65.2 Å². The molecule has 3 heterocycles. The van der Waals surface area contributed by atoms with Crippen LogP contribution in [0.5, 0.6) is 0 Å². The van der Waals surface area contributed by atoms with Crippen LogP contribution in [0.3, 0.4) is 0 Å². The van der Waals surface area contributed by atoms with E-state index in [4.69, 9.17) is 14.5 Å². The van der Waals surface area contributed by atoms with Gasteiger partial charge < -0.3 is 19.9 Å². The maximum absolute atomic E-state index is 14.2. The molecule has 0 fully saturated rings. The molecule has 0 spiro atoms. The summed E-state index contributed by atoms with van der Waals surface area (Å²) in [6.07, 6.45) is 0.103. The molecule has 0 bridgehead atoms. The first kappa shape index (κ1) is 32.8. The van der Waals surface area contributed by atoms with Crippen molar-refractivity contribution in [3.63, 3.8) is 0 Å². The standard InChI is InChI=1S/C32H34F2N6O5/c1-7-44-29(41)37-28-39-38-26-11-8-20(18-40(26)28)24-10-9-23(12-13-32(5,6)43)35-27(24)25(36-30(42)45-31(2,3)4)16-19-14-21(33)17-22(34)15-19/h8-11,14-15,17-18,25,43H,7,16H2,1-6H3,(H,36,42)(H,37,39,41). The van der Waals surface area contributed by atoms with Gasteiger partial charge in [-0.2, -0.15) is 0 Å². The van der Waals surface area contributed by atoms with Crippen LogP contribution in [0, 0.1) is 23.5 Å². The van der Waals surface area contributed by atoms with Crippen molar-refractivity contribution < 1.29 is 33.0 Å². The minimum absolute atomic E-state index is 0.0686. The fourth-order valence-electron chi connectivity index (χ4n) is 4.30. The lowest BCUT2D eigenvalue weighted by Gasteiger charge is -2.25. The zero-order valence-electron chi connectivity index (χ0n) is 25.7. The van der Waals surface area contributed by atoms with E-state index in [0.717, 1.165) is 6.07 Å². The van der Waals surface area contributed by atoms with Crippen molar-refractivity contribution >= 4 is 23.8 Å². The van der Waals surface area contributed by atoms with Gasteiger partial charge in [-0.05, 0) is 95.8 Å². The Labute approximate surface area is 259 Å². The third-order valence-electron chi connectivity index (χ3n) is 6.01. The summed E-state index contributed by atoms with van der Waals surface area (Å²) < 4.78 is 40.4. The normalized spacial score (nSPS) is 12.2. The number of nitrogens with one attached hydrogen (secondary N) is 2. The third kappa shape index (κ3) is 9.20. The van der Waals surface area contributed by atoms with Gasteiger partial charge in [0.2, 0.25) is 5.95 Å². The summed E-state index contributed by atoms with van der Waals surface area (Å²) >= 11 is 0. The second-order valence-corrected chi connectivity index (χ2v) is 11.6. The van der Waals surface area contributed by atoms with Crippen molar-refractivity contribution in [3.8, 4) is 23.0 Å². The summed E-state index contributed by atoms with van der Waals surface area (Å²) in [5, 5.41) is 23.6. The lowest BCUT2D eigenvalue weighted by atomic mass is 9.95. The van der Waals surface area contributed by atoms with Gasteiger partial charge in [-0.3, -0.25) is 9.72 Å². The summed E-state index contributed by atoms with van der Waals surface area (Å²) in [6, 6.07) is 8.90. The first-order valence-electron chi connectivity index (χ1n) is 14.1. The van der Waals surface area contributed by atoms with Gasteiger partial charge in [0.15, 0.2) is 5.65 Å². The minimum Gasteiger partial charge on any atom is -0.450 e. The Balaban J connectivity index is 1.89. The molecule has 1 aromatic carbocycles. The van der Waals surface area contributed by atoms with Crippen molar-refractivity contribution in [1.82, 2.24) is 24.9 Å². The van der Waals surface area contributed by atoms with Crippen molar-refractivity contribution in [3.05, 3.63) is 77.2 Å². The molecule has 1 atom stereocenters. The molecule has 3 N–H and O–H groups in total. The molecule has 0 aliphatic heterocycles. The topological polar surface area (TPSA) is 140 Å². The SMILES string of the molecule is CCOC(=O)Nc1nnc2ccc(-c3ccc(C#CC(C)(C)O)nc3C(Cc3cc(F)cc(F)c3)NC(=O)OC(C)(C)C)cn12. The van der Waals surface area contributed by atoms with Crippen LogP contribution < -0.4 is 10.6 Å². The zero-order chi connectivity index (χ0) is 32.9. The number of hydrogen-bond acceptors (Lipinski definition) is 8. The van der Waals surface area contributed by atoms with E-state index in [1.54, 1.807) is 58.2 Å². The van der Waals surface area contributed by atoms with Gasteiger partial charge in [0, 0.05) is 23.4 Å². The molecule has 1 unspecified atom stereocenters. The number of carbonyl (C=O) groups is 2. The Morgan fingerprint density at radius 3 is 2.38 bits per heavy atom. The summed E-state index contributed by atoms with van der Waals surface area (Å²) in [6.45, 7) is 9.99. The van der Waals surface area contributed by atoms with Crippen molar-refractivity contribution in [2.75, 3.05) is 11.9 Å². The van der Waals surface area contributed by atoms with Crippen LogP contribution in [0.4, 0.5) is 24.3 Å². The van der Waals surface area contributed by atoms with E-state index in [1.165, 1.54) is 30.4 Å². The predicted molar refractivity (Wildman–Crippen MR) is 162 cm³/mol. The lowest BCUT2D eigenvalue weighted by Crippen LogP contribution is -2.36. The highest BCUT2D eigenvalue weighted by molar-refractivity contribution is 5.83. The molecule has 0 saturated carbocycles. The molecule has 0 aliphatic carbocycles. The van der Waals surface area contributed by atoms with Gasteiger partial charge >= 0.3 is 12.2 Å². The van der Waals surface area contributed by atoms with E-state index < -0.39 is 41.1 Å². The number of aliphatic hydroxyl groups is 1. The Bertz CT molecular complexity index is 1760. The molecule has 45 heavy (non-hydrogen) atoms. The molecule has 4 rings (SSSR count). The predicted octanol–water partition coefficient (Wildman–Crippen LogP) is 5.57.